The minimum Gasteiger partial charge on any atom is -0.395 e. The third-order valence-electron chi connectivity index (χ3n) is 2.92. The smallest absolute Gasteiger partial charge is 0.317 e. The summed E-state index contributed by atoms with van der Waals surface area (Å²) < 4.78 is 0. The molecule has 1 heterocycles. The zero-order chi connectivity index (χ0) is 14.3. The molecule has 1 aromatic rings. The minimum atomic E-state index is -0.149. The van der Waals surface area contributed by atoms with Crippen molar-refractivity contribution in [2.45, 2.75) is 33.2 Å². The summed E-state index contributed by atoms with van der Waals surface area (Å²) in [7, 11) is 0. The van der Waals surface area contributed by atoms with Crippen LogP contribution in [0.15, 0.2) is 18.3 Å². The molecule has 19 heavy (non-hydrogen) atoms. The van der Waals surface area contributed by atoms with Gasteiger partial charge in [0.2, 0.25) is 0 Å². The maximum atomic E-state index is 12.1. The number of pyridine rings is 1. The number of carbonyl (C=O) groups is 1. The average Bonchev–Trinajstić information content (AvgIpc) is 2.39. The van der Waals surface area contributed by atoms with Crippen LogP contribution in [-0.2, 0) is 0 Å². The second-order valence-electron chi connectivity index (χ2n) is 4.61. The highest BCUT2D eigenvalue weighted by molar-refractivity contribution is 5.74. The van der Waals surface area contributed by atoms with Gasteiger partial charge >= 0.3 is 6.03 Å². The van der Waals surface area contributed by atoms with E-state index in [0.717, 1.165) is 17.7 Å². The lowest BCUT2D eigenvalue weighted by Crippen LogP contribution is -2.42. The van der Waals surface area contributed by atoms with Crippen LogP contribution in [0.5, 0.6) is 0 Å². The molecule has 0 aliphatic rings. The molecule has 0 saturated carbocycles. The van der Waals surface area contributed by atoms with E-state index >= 15 is 0 Å². The normalized spacial score (nSPS) is 12.0. The van der Waals surface area contributed by atoms with Crippen molar-refractivity contribution in [3.8, 4) is 0 Å². The van der Waals surface area contributed by atoms with Crippen LogP contribution in [0, 0.1) is 6.92 Å². The molecule has 1 rings (SSSR count). The van der Waals surface area contributed by atoms with Gasteiger partial charge in [-0.05, 0) is 31.9 Å². The van der Waals surface area contributed by atoms with Crippen molar-refractivity contribution in [2.75, 3.05) is 19.7 Å². The van der Waals surface area contributed by atoms with Crippen molar-refractivity contribution in [3.63, 3.8) is 0 Å². The highest BCUT2D eigenvalue weighted by Crippen LogP contribution is 2.11. The number of hydrogen-bond acceptors (Lipinski definition) is 3. The van der Waals surface area contributed by atoms with Gasteiger partial charge in [0.05, 0.1) is 12.6 Å². The third-order valence-corrected chi connectivity index (χ3v) is 2.92. The quantitative estimate of drug-likeness (QED) is 0.825. The highest BCUT2D eigenvalue weighted by Gasteiger charge is 2.15. The monoisotopic (exact) mass is 265 g/mol. The maximum absolute atomic E-state index is 12.1. The molecule has 0 bridgehead atoms. The van der Waals surface area contributed by atoms with Crippen molar-refractivity contribution in [1.29, 1.82) is 0 Å². The minimum absolute atomic E-state index is 0.0200. The van der Waals surface area contributed by atoms with Gasteiger partial charge in [-0.1, -0.05) is 13.0 Å². The lowest BCUT2D eigenvalue weighted by Gasteiger charge is -2.24. The molecular weight excluding hydrogens is 242 g/mol. The molecule has 0 aromatic carbocycles. The predicted octanol–water partition coefficient (Wildman–Crippen LogP) is 1.86. The van der Waals surface area contributed by atoms with Crippen LogP contribution >= 0.6 is 0 Å². The number of urea groups is 1. The molecule has 0 aliphatic heterocycles. The molecule has 0 unspecified atom stereocenters. The second kappa shape index (κ2) is 7.74. The molecule has 0 saturated heterocycles. The fourth-order valence-electron chi connectivity index (χ4n) is 1.80. The molecule has 5 heteroatoms. The number of hydrogen-bond donors (Lipinski definition) is 2. The van der Waals surface area contributed by atoms with Gasteiger partial charge in [-0.2, -0.15) is 0 Å². The van der Waals surface area contributed by atoms with Crippen LogP contribution in [0.25, 0.3) is 0 Å². The van der Waals surface area contributed by atoms with Gasteiger partial charge in [0.1, 0.15) is 0 Å². The van der Waals surface area contributed by atoms with E-state index in [0.29, 0.717) is 13.1 Å². The summed E-state index contributed by atoms with van der Waals surface area (Å²) in [5.74, 6) is 0. The van der Waals surface area contributed by atoms with E-state index in [1.807, 2.05) is 32.9 Å². The molecule has 106 valence electrons. The van der Waals surface area contributed by atoms with Crippen molar-refractivity contribution in [2.24, 2.45) is 0 Å². The lowest BCUT2D eigenvalue weighted by atomic mass is 10.1. The Morgan fingerprint density at radius 1 is 1.47 bits per heavy atom. The number of aliphatic hydroxyl groups excluding tert-OH is 1. The van der Waals surface area contributed by atoms with Gasteiger partial charge in [-0.25, -0.2) is 4.79 Å². The summed E-state index contributed by atoms with van der Waals surface area (Å²) in [6, 6.07) is 3.64. The number of aliphatic hydroxyl groups is 1. The van der Waals surface area contributed by atoms with Gasteiger partial charge in [0, 0.05) is 25.0 Å². The lowest BCUT2D eigenvalue weighted by molar-refractivity contribution is 0.174. The molecule has 1 atom stereocenters. The van der Waals surface area contributed by atoms with Crippen molar-refractivity contribution in [1.82, 2.24) is 15.2 Å². The van der Waals surface area contributed by atoms with Crippen molar-refractivity contribution < 1.29 is 9.90 Å². The van der Waals surface area contributed by atoms with E-state index in [2.05, 4.69) is 10.3 Å². The van der Waals surface area contributed by atoms with Crippen LogP contribution in [0.3, 0.4) is 0 Å². The van der Waals surface area contributed by atoms with E-state index in [4.69, 9.17) is 5.11 Å². The Balaban J connectivity index is 2.61. The van der Waals surface area contributed by atoms with Crippen LogP contribution in [-0.4, -0.2) is 40.7 Å². The van der Waals surface area contributed by atoms with Crippen LogP contribution < -0.4 is 5.32 Å². The number of nitrogens with one attached hydrogen (secondary N) is 1. The first-order chi connectivity index (χ1) is 9.08. The summed E-state index contributed by atoms with van der Waals surface area (Å²) in [6.45, 7) is 6.84. The standard InChI is InChI=1S/C14H23N3O2/c1-4-7-17(8-9-18)14(19)16-12(3)13-6-5-11(2)15-10-13/h5-6,10,12,18H,4,7-9H2,1-3H3,(H,16,19)/t12-/m1/s1. The fourth-order valence-corrected chi connectivity index (χ4v) is 1.80. The van der Waals surface area contributed by atoms with E-state index < -0.39 is 0 Å². The van der Waals surface area contributed by atoms with E-state index in [-0.39, 0.29) is 18.7 Å². The number of aryl methyl sites for hydroxylation is 1. The first kappa shape index (κ1) is 15.4. The summed E-state index contributed by atoms with van der Waals surface area (Å²) in [4.78, 5) is 17.9. The predicted molar refractivity (Wildman–Crippen MR) is 74.9 cm³/mol. The molecule has 2 N–H and O–H groups in total. The van der Waals surface area contributed by atoms with Gasteiger partial charge < -0.3 is 15.3 Å². The molecule has 2 amide bonds. The Labute approximate surface area is 114 Å². The first-order valence-corrected chi connectivity index (χ1v) is 6.67. The second-order valence-corrected chi connectivity index (χ2v) is 4.61. The summed E-state index contributed by atoms with van der Waals surface area (Å²) in [5, 5.41) is 11.9. The summed E-state index contributed by atoms with van der Waals surface area (Å²) in [6.07, 6.45) is 2.64. The van der Waals surface area contributed by atoms with Crippen molar-refractivity contribution in [3.05, 3.63) is 29.6 Å². The van der Waals surface area contributed by atoms with E-state index in [1.54, 1.807) is 11.1 Å². The van der Waals surface area contributed by atoms with Gasteiger partial charge in [0.15, 0.2) is 0 Å². The van der Waals surface area contributed by atoms with Crippen molar-refractivity contribution >= 4 is 6.03 Å². The average molecular weight is 265 g/mol. The summed E-state index contributed by atoms with van der Waals surface area (Å²) >= 11 is 0. The zero-order valence-corrected chi connectivity index (χ0v) is 11.9. The molecule has 0 spiro atoms. The fraction of sp³-hybridized carbons (Fsp3) is 0.571. The zero-order valence-electron chi connectivity index (χ0n) is 11.9. The maximum Gasteiger partial charge on any atom is 0.317 e. The Bertz CT molecular complexity index is 386. The molecule has 5 nitrogen and oxygen atoms in total. The van der Waals surface area contributed by atoms with Crippen LogP contribution in [0.2, 0.25) is 0 Å². The SMILES string of the molecule is CCCN(CCO)C(=O)N[C@H](C)c1ccc(C)nc1. The van der Waals surface area contributed by atoms with Crippen LogP contribution in [0.4, 0.5) is 4.79 Å². The largest absolute Gasteiger partial charge is 0.395 e. The Hall–Kier alpha value is -1.62. The summed E-state index contributed by atoms with van der Waals surface area (Å²) in [5.41, 5.74) is 1.93. The number of amides is 2. The van der Waals surface area contributed by atoms with E-state index in [9.17, 15) is 4.79 Å². The number of aromatic nitrogens is 1. The van der Waals surface area contributed by atoms with Gasteiger partial charge in [-0.15, -0.1) is 0 Å². The first-order valence-electron chi connectivity index (χ1n) is 6.67. The Kier molecular flexibility index (Phi) is 6.29. The van der Waals surface area contributed by atoms with E-state index in [1.165, 1.54) is 0 Å². The Morgan fingerprint density at radius 3 is 2.74 bits per heavy atom. The van der Waals surface area contributed by atoms with Gasteiger partial charge in [0.25, 0.3) is 0 Å². The van der Waals surface area contributed by atoms with Crippen LogP contribution in [0.1, 0.15) is 37.6 Å². The molecule has 0 radical (unpaired) electrons. The Morgan fingerprint density at radius 2 is 2.21 bits per heavy atom. The number of carbonyl (C=O) groups excluding carboxylic acids is 1. The molecule has 0 fully saturated rings. The highest BCUT2D eigenvalue weighted by atomic mass is 16.3. The molecular formula is C14H23N3O2. The number of nitrogens with zero attached hydrogens (tertiary/aromatic N) is 2. The molecule has 1 aromatic heterocycles. The van der Waals surface area contributed by atoms with Gasteiger partial charge in [-0.3, -0.25) is 4.98 Å². The third kappa shape index (κ3) is 4.87. The molecule has 0 aliphatic carbocycles. The topological polar surface area (TPSA) is 65.5 Å². The number of rotatable bonds is 6.